The summed E-state index contributed by atoms with van der Waals surface area (Å²) in [6.45, 7) is 4.01. The first-order valence-electron chi connectivity index (χ1n) is 13.0. The number of rotatable bonds is 7. The number of aromatic carboxylic acids is 1. The Hall–Kier alpha value is -3.28. The van der Waals surface area contributed by atoms with Crippen LogP contribution in [-0.4, -0.2) is 42.3 Å². The van der Waals surface area contributed by atoms with E-state index in [0.717, 1.165) is 77.9 Å². The number of hydrogen-bond acceptors (Lipinski definition) is 2. The first-order chi connectivity index (χ1) is 18.4. The highest BCUT2D eigenvalue weighted by Gasteiger charge is 2.24. The van der Waals surface area contributed by atoms with E-state index < -0.39 is 11.8 Å². The molecule has 6 heteroatoms. The predicted molar refractivity (Wildman–Crippen MR) is 150 cm³/mol. The minimum absolute atomic E-state index is 0.102. The van der Waals surface area contributed by atoms with Gasteiger partial charge in [-0.2, -0.15) is 0 Å². The summed E-state index contributed by atoms with van der Waals surface area (Å²) in [6, 6.07) is 17.1. The Morgan fingerprint density at radius 2 is 1.79 bits per heavy atom. The molecular weight excluding hydrogens is 504 g/mol. The molecule has 1 aliphatic heterocycles. The maximum atomic E-state index is 14.9. The number of halogens is 3. The molecule has 3 aromatic carbocycles. The fraction of sp³-hybridized carbons (Fsp3) is 0.281. The molecule has 3 aromatic rings. The standard InChI is InChI=1S/C32H30ClF2NO2/c1-20-26(12-13-29(33)31(20)35)28-5-2-4-24-17-25(32(37)38)10-11-27(24)30(28)23-8-6-21(7-9-23)16-22-18-36(19-22)15-3-14-34/h6-13,16-17H,2-5,14-15,18-19H2,1H3,(H,37,38). The smallest absolute Gasteiger partial charge is 0.335 e. The number of nitrogens with zero attached hydrogens (tertiary/aromatic N) is 1. The third-order valence-corrected chi connectivity index (χ3v) is 7.78. The molecule has 1 N–H and O–H groups in total. The third kappa shape index (κ3) is 5.31. The summed E-state index contributed by atoms with van der Waals surface area (Å²) < 4.78 is 27.3. The zero-order valence-corrected chi connectivity index (χ0v) is 22.1. The van der Waals surface area contributed by atoms with Gasteiger partial charge in [0.1, 0.15) is 5.82 Å². The Bertz CT molecular complexity index is 1430. The lowest BCUT2D eigenvalue weighted by Crippen LogP contribution is -2.40. The van der Waals surface area contributed by atoms with Crippen LogP contribution in [0.2, 0.25) is 5.02 Å². The topological polar surface area (TPSA) is 40.5 Å². The van der Waals surface area contributed by atoms with Gasteiger partial charge in [0.15, 0.2) is 0 Å². The van der Waals surface area contributed by atoms with Gasteiger partial charge in [-0.3, -0.25) is 9.29 Å². The second kappa shape index (κ2) is 11.2. The summed E-state index contributed by atoms with van der Waals surface area (Å²) in [5.74, 6) is -1.36. The van der Waals surface area contributed by atoms with Crippen molar-refractivity contribution < 1.29 is 18.7 Å². The van der Waals surface area contributed by atoms with Crippen molar-refractivity contribution >= 4 is 34.8 Å². The minimum Gasteiger partial charge on any atom is -0.478 e. The maximum absolute atomic E-state index is 14.9. The molecule has 2 aliphatic rings. The highest BCUT2D eigenvalue weighted by Crippen LogP contribution is 2.42. The normalized spacial score (nSPS) is 15.6. The van der Waals surface area contributed by atoms with Crippen LogP contribution < -0.4 is 0 Å². The molecule has 1 heterocycles. The lowest BCUT2D eigenvalue weighted by Gasteiger charge is -2.33. The van der Waals surface area contributed by atoms with E-state index in [1.54, 1.807) is 25.1 Å². The highest BCUT2D eigenvalue weighted by molar-refractivity contribution is 6.30. The maximum Gasteiger partial charge on any atom is 0.335 e. The van der Waals surface area contributed by atoms with Gasteiger partial charge in [-0.05, 0) is 101 Å². The van der Waals surface area contributed by atoms with E-state index in [9.17, 15) is 18.7 Å². The van der Waals surface area contributed by atoms with E-state index in [1.165, 1.54) is 5.57 Å². The number of aryl methyl sites for hydroxylation is 1. The molecule has 0 spiro atoms. The Kier molecular flexibility index (Phi) is 7.78. The zero-order valence-electron chi connectivity index (χ0n) is 21.4. The lowest BCUT2D eigenvalue weighted by atomic mass is 9.85. The molecule has 0 radical (unpaired) electrons. The van der Waals surface area contributed by atoms with Crippen molar-refractivity contribution in [3.05, 3.63) is 110 Å². The number of hydrogen-bond donors (Lipinski definition) is 1. The lowest BCUT2D eigenvalue weighted by molar-refractivity contribution is 0.0696. The van der Waals surface area contributed by atoms with Gasteiger partial charge in [0.2, 0.25) is 0 Å². The average molecular weight is 534 g/mol. The summed E-state index contributed by atoms with van der Waals surface area (Å²) in [5.41, 5.74) is 9.02. The second-order valence-electron chi connectivity index (χ2n) is 10.1. The van der Waals surface area contributed by atoms with Gasteiger partial charge in [0, 0.05) is 19.6 Å². The van der Waals surface area contributed by atoms with Crippen molar-refractivity contribution in [2.75, 3.05) is 26.3 Å². The van der Waals surface area contributed by atoms with Crippen LogP contribution in [0.25, 0.3) is 17.2 Å². The number of benzene rings is 3. The largest absolute Gasteiger partial charge is 0.478 e. The average Bonchev–Trinajstić information content (AvgIpc) is 3.08. The third-order valence-electron chi connectivity index (χ3n) is 7.49. The zero-order chi connectivity index (χ0) is 26.8. The number of likely N-dealkylation sites (tertiary alicyclic amines) is 1. The molecule has 1 saturated heterocycles. The Morgan fingerprint density at radius 1 is 1.05 bits per heavy atom. The number of fused-ring (bicyclic) bond motifs is 1. The van der Waals surface area contributed by atoms with E-state index in [-0.39, 0.29) is 17.3 Å². The molecule has 1 aliphatic carbocycles. The molecular formula is C32H30ClF2NO2. The van der Waals surface area contributed by atoms with Gasteiger partial charge in [-0.1, -0.05) is 54.1 Å². The molecule has 0 saturated carbocycles. The Morgan fingerprint density at radius 3 is 2.50 bits per heavy atom. The van der Waals surface area contributed by atoms with Crippen LogP contribution in [0.1, 0.15) is 63.0 Å². The van der Waals surface area contributed by atoms with Gasteiger partial charge < -0.3 is 5.11 Å². The number of carboxylic acid groups (broad SMARTS) is 1. The molecule has 0 amide bonds. The Labute approximate surface area is 227 Å². The van der Waals surface area contributed by atoms with Crippen LogP contribution >= 0.6 is 11.6 Å². The summed E-state index contributed by atoms with van der Waals surface area (Å²) in [5, 5.41) is 9.66. The van der Waals surface area contributed by atoms with Crippen LogP contribution in [0.5, 0.6) is 0 Å². The van der Waals surface area contributed by atoms with Crippen LogP contribution in [0.3, 0.4) is 0 Å². The quantitative estimate of drug-likeness (QED) is 0.336. The van der Waals surface area contributed by atoms with E-state index in [2.05, 4.69) is 35.2 Å². The SMILES string of the molecule is Cc1c(C2=C(c3ccc(C=C4CN(CCCF)C4)cc3)c3ccc(C(=O)O)cc3CCC2)ccc(Cl)c1F. The van der Waals surface area contributed by atoms with Gasteiger partial charge in [0.25, 0.3) is 0 Å². The van der Waals surface area contributed by atoms with Gasteiger partial charge >= 0.3 is 5.97 Å². The molecule has 3 nitrogen and oxygen atoms in total. The van der Waals surface area contributed by atoms with E-state index in [0.29, 0.717) is 12.0 Å². The molecule has 196 valence electrons. The number of carboxylic acids is 1. The fourth-order valence-electron chi connectivity index (χ4n) is 5.54. The van der Waals surface area contributed by atoms with E-state index in [1.807, 2.05) is 12.1 Å². The highest BCUT2D eigenvalue weighted by atomic mass is 35.5. The summed E-state index contributed by atoms with van der Waals surface area (Å²) >= 11 is 6.08. The van der Waals surface area contributed by atoms with Crippen molar-refractivity contribution in [1.82, 2.24) is 4.90 Å². The first-order valence-corrected chi connectivity index (χ1v) is 13.4. The first kappa shape index (κ1) is 26.3. The summed E-state index contributed by atoms with van der Waals surface area (Å²) in [4.78, 5) is 13.9. The van der Waals surface area contributed by atoms with Crippen molar-refractivity contribution in [3.8, 4) is 0 Å². The van der Waals surface area contributed by atoms with Gasteiger partial charge in [-0.25, -0.2) is 9.18 Å². The molecule has 0 bridgehead atoms. The number of alkyl halides is 1. The summed E-state index contributed by atoms with van der Waals surface area (Å²) in [6.07, 6.45) is 5.05. The van der Waals surface area contributed by atoms with Crippen molar-refractivity contribution in [2.24, 2.45) is 0 Å². The van der Waals surface area contributed by atoms with Crippen molar-refractivity contribution in [2.45, 2.75) is 32.6 Å². The number of carbonyl (C=O) groups is 1. The van der Waals surface area contributed by atoms with Crippen molar-refractivity contribution in [3.63, 3.8) is 0 Å². The Balaban J connectivity index is 1.57. The van der Waals surface area contributed by atoms with Crippen LogP contribution in [-0.2, 0) is 6.42 Å². The fourth-order valence-corrected chi connectivity index (χ4v) is 5.75. The monoisotopic (exact) mass is 533 g/mol. The van der Waals surface area contributed by atoms with E-state index >= 15 is 0 Å². The molecule has 1 fully saturated rings. The van der Waals surface area contributed by atoms with Gasteiger partial charge in [-0.15, -0.1) is 0 Å². The molecule has 5 rings (SSSR count). The van der Waals surface area contributed by atoms with Gasteiger partial charge in [0.05, 0.1) is 17.3 Å². The predicted octanol–water partition coefficient (Wildman–Crippen LogP) is 7.84. The molecule has 0 atom stereocenters. The molecule has 0 unspecified atom stereocenters. The second-order valence-corrected chi connectivity index (χ2v) is 10.5. The van der Waals surface area contributed by atoms with E-state index in [4.69, 9.17) is 11.6 Å². The van der Waals surface area contributed by atoms with Crippen LogP contribution in [0.15, 0.2) is 60.2 Å². The molecule has 0 aromatic heterocycles. The van der Waals surface area contributed by atoms with Crippen molar-refractivity contribution in [1.29, 1.82) is 0 Å². The minimum atomic E-state index is -0.949. The van der Waals surface area contributed by atoms with Crippen LogP contribution in [0.4, 0.5) is 8.78 Å². The number of allylic oxidation sites excluding steroid dienone is 1. The molecule has 38 heavy (non-hydrogen) atoms. The summed E-state index contributed by atoms with van der Waals surface area (Å²) in [7, 11) is 0. The van der Waals surface area contributed by atoms with Crippen LogP contribution in [0, 0.1) is 12.7 Å².